The molecule has 1 aromatic carbocycles. The van der Waals surface area contributed by atoms with Crippen LogP contribution in [0.25, 0.3) is 10.9 Å². The smallest absolute Gasteiger partial charge is 0.326 e. The number of amides is 2. The van der Waals surface area contributed by atoms with Crippen molar-refractivity contribution in [3.8, 4) is 0 Å². The second-order valence-electron chi connectivity index (χ2n) is 7.85. The fourth-order valence-corrected chi connectivity index (χ4v) is 3.44. The van der Waals surface area contributed by atoms with E-state index in [0.29, 0.717) is 19.4 Å². The van der Waals surface area contributed by atoms with Gasteiger partial charge < -0.3 is 37.3 Å². The summed E-state index contributed by atoms with van der Waals surface area (Å²) in [7, 11) is 0. The van der Waals surface area contributed by atoms with Gasteiger partial charge in [0.05, 0.1) is 6.04 Å². The van der Waals surface area contributed by atoms with Crippen molar-refractivity contribution < 1.29 is 29.4 Å². The molecule has 0 aliphatic carbocycles. The first-order chi connectivity index (χ1) is 15.7. The van der Waals surface area contributed by atoms with Gasteiger partial charge in [0.2, 0.25) is 11.8 Å². The number of nitrogens with two attached hydrogens (primary N) is 2. The number of carbonyl (C=O) groups excluding carboxylic acids is 2. The Labute approximate surface area is 190 Å². The van der Waals surface area contributed by atoms with E-state index < -0.39 is 41.9 Å². The molecule has 0 fully saturated rings. The number of carboxylic acids is 2. The van der Waals surface area contributed by atoms with E-state index in [0.717, 1.165) is 16.5 Å². The Morgan fingerprint density at radius 1 is 0.970 bits per heavy atom. The van der Waals surface area contributed by atoms with Crippen molar-refractivity contribution in [2.75, 3.05) is 6.54 Å². The van der Waals surface area contributed by atoms with E-state index in [1.54, 1.807) is 6.20 Å². The molecule has 11 heteroatoms. The summed E-state index contributed by atoms with van der Waals surface area (Å²) in [4.78, 5) is 51.0. The van der Waals surface area contributed by atoms with E-state index in [9.17, 15) is 24.3 Å². The third-order valence-electron chi connectivity index (χ3n) is 5.30. The number of H-pyrrole nitrogens is 1. The molecule has 0 saturated carbocycles. The molecular formula is C22H31N5O6. The number of benzene rings is 1. The third-order valence-corrected chi connectivity index (χ3v) is 5.30. The molecule has 11 nitrogen and oxygen atoms in total. The highest BCUT2D eigenvalue weighted by Crippen LogP contribution is 2.19. The van der Waals surface area contributed by atoms with E-state index in [4.69, 9.17) is 16.6 Å². The van der Waals surface area contributed by atoms with Gasteiger partial charge in [0.15, 0.2) is 0 Å². The summed E-state index contributed by atoms with van der Waals surface area (Å²) in [6.45, 7) is 0.410. The van der Waals surface area contributed by atoms with Crippen LogP contribution in [-0.2, 0) is 25.6 Å². The van der Waals surface area contributed by atoms with Crippen molar-refractivity contribution in [3.63, 3.8) is 0 Å². The first-order valence-corrected chi connectivity index (χ1v) is 10.8. The summed E-state index contributed by atoms with van der Waals surface area (Å²) in [6.07, 6.45) is 2.75. The number of para-hydroxylation sites is 1. The van der Waals surface area contributed by atoms with Crippen LogP contribution in [0.2, 0.25) is 0 Å². The fraction of sp³-hybridized carbons (Fsp3) is 0.455. The molecule has 33 heavy (non-hydrogen) atoms. The Kier molecular flexibility index (Phi) is 9.83. The average Bonchev–Trinajstić information content (AvgIpc) is 3.18. The highest BCUT2D eigenvalue weighted by Gasteiger charge is 2.28. The number of fused-ring (bicyclic) bond motifs is 1. The number of unbranched alkanes of at least 4 members (excludes halogenated alkanes) is 1. The highest BCUT2D eigenvalue weighted by atomic mass is 16.4. The van der Waals surface area contributed by atoms with Gasteiger partial charge in [0.25, 0.3) is 0 Å². The Balaban J connectivity index is 2.19. The van der Waals surface area contributed by atoms with E-state index in [2.05, 4.69) is 15.6 Å². The van der Waals surface area contributed by atoms with Crippen LogP contribution in [0.5, 0.6) is 0 Å². The maximum Gasteiger partial charge on any atom is 0.326 e. The average molecular weight is 462 g/mol. The van der Waals surface area contributed by atoms with Crippen LogP contribution in [-0.4, -0.2) is 63.6 Å². The van der Waals surface area contributed by atoms with Crippen molar-refractivity contribution in [1.29, 1.82) is 0 Å². The zero-order valence-electron chi connectivity index (χ0n) is 18.3. The van der Waals surface area contributed by atoms with Gasteiger partial charge >= 0.3 is 11.9 Å². The molecule has 1 heterocycles. The Bertz CT molecular complexity index is 975. The number of carbonyl (C=O) groups is 4. The minimum Gasteiger partial charge on any atom is -0.481 e. The standard InChI is InChI=1S/C22H31N5O6/c23-10-4-3-7-17(22(32)33)26-21(31)18(27-20(30)15(24)8-9-19(28)29)11-13-12-25-16-6-2-1-5-14(13)16/h1-2,5-6,12,15,17-18,25H,3-4,7-11,23-24H2,(H,26,31)(H,27,30)(H,28,29)(H,32,33). The molecule has 0 saturated heterocycles. The van der Waals surface area contributed by atoms with Crippen molar-refractivity contribution in [1.82, 2.24) is 15.6 Å². The van der Waals surface area contributed by atoms with Crippen molar-refractivity contribution in [2.45, 2.75) is 56.7 Å². The van der Waals surface area contributed by atoms with Gasteiger partial charge in [-0.15, -0.1) is 0 Å². The van der Waals surface area contributed by atoms with Crippen molar-refractivity contribution in [3.05, 3.63) is 36.0 Å². The second-order valence-corrected chi connectivity index (χ2v) is 7.85. The molecule has 0 aliphatic heterocycles. The maximum atomic E-state index is 13.0. The molecule has 0 aliphatic rings. The SMILES string of the molecule is NCCCCC(NC(=O)C(Cc1c[nH]c2ccccc12)NC(=O)C(N)CCC(=O)O)C(=O)O. The molecule has 0 spiro atoms. The molecule has 3 unspecified atom stereocenters. The monoisotopic (exact) mass is 461 g/mol. The van der Waals surface area contributed by atoms with E-state index >= 15 is 0 Å². The van der Waals surface area contributed by atoms with Crippen molar-refractivity contribution >= 4 is 34.7 Å². The minimum atomic E-state index is -1.18. The second kappa shape index (κ2) is 12.6. The minimum absolute atomic E-state index is 0.0857. The van der Waals surface area contributed by atoms with E-state index in [1.807, 2.05) is 24.3 Å². The number of carboxylic acid groups (broad SMARTS) is 2. The molecule has 1 aromatic heterocycles. The summed E-state index contributed by atoms with van der Waals surface area (Å²) in [6, 6.07) is 4.06. The van der Waals surface area contributed by atoms with Gasteiger partial charge in [-0.05, 0) is 43.9 Å². The van der Waals surface area contributed by atoms with Gasteiger partial charge in [-0.25, -0.2) is 4.79 Å². The van der Waals surface area contributed by atoms with Crippen LogP contribution in [0, 0.1) is 0 Å². The third kappa shape index (κ3) is 7.88. The molecule has 2 aromatic rings. The Hall–Kier alpha value is -3.44. The van der Waals surface area contributed by atoms with E-state index in [1.165, 1.54) is 0 Å². The molecular weight excluding hydrogens is 430 g/mol. The number of hydrogen-bond acceptors (Lipinski definition) is 6. The summed E-state index contributed by atoms with van der Waals surface area (Å²) >= 11 is 0. The largest absolute Gasteiger partial charge is 0.481 e. The zero-order valence-corrected chi connectivity index (χ0v) is 18.3. The number of nitrogens with one attached hydrogen (secondary N) is 3. The van der Waals surface area contributed by atoms with E-state index in [-0.39, 0.29) is 25.7 Å². The molecule has 2 amide bonds. The number of aromatic nitrogens is 1. The topological polar surface area (TPSA) is 201 Å². The van der Waals surface area contributed by atoms with Crippen LogP contribution in [0.1, 0.15) is 37.7 Å². The van der Waals surface area contributed by atoms with Crippen LogP contribution >= 0.6 is 0 Å². The molecule has 0 bridgehead atoms. The van der Waals surface area contributed by atoms with Crippen LogP contribution in [0.3, 0.4) is 0 Å². The van der Waals surface area contributed by atoms with Gasteiger partial charge in [0.1, 0.15) is 12.1 Å². The number of aromatic amines is 1. The summed E-state index contributed by atoms with van der Waals surface area (Å²) in [5.41, 5.74) is 12.8. The predicted octanol–water partition coefficient (Wildman–Crippen LogP) is 0.0857. The Morgan fingerprint density at radius 3 is 2.33 bits per heavy atom. The van der Waals surface area contributed by atoms with Gasteiger partial charge in [-0.2, -0.15) is 0 Å². The maximum absolute atomic E-state index is 13.0. The lowest BCUT2D eigenvalue weighted by molar-refractivity contribution is -0.142. The van der Waals surface area contributed by atoms with Gasteiger partial charge in [-0.1, -0.05) is 18.2 Å². The lowest BCUT2D eigenvalue weighted by Crippen LogP contribution is -2.55. The zero-order chi connectivity index (χ0) is 24.4. The number of rotatable bonds is 14. The summed E-state index contributed by atoms with van der Waals surface area (Å²) < 4.78 is 0. The predicted molar refractivity (Wildman–Crippen MR) is 121 cm³/mol. The molecule has 3 atom stereocenters. The molecule has 180 valence electrons. The summed E-state index contributed by atoms with van der Waals surface area (Å²) in [5, 5.41) is 24.2. The first-order valence-electron chi connectivity index (χ1n) is 10.8. The van der Waals surface area contributed by atoms with Crippen LogP contribution in [0.15, 0.2) is 30.5 Å². The van der Waals surface area contributed by atoms with Crippen LogP contribution < -0.4 is 22.1 Å². The summed E-state index contributed by atoms with van der Waals surface area (Å²) in [5.74, 6) is -3.63. The quantitative estimate of drug-likeness (QED) is 0.192. The lowest BCUT2D eigenvalue weighted by Gasteiger charge is -2.23. The number of aliphatic carboxylic acids is 2. The fourth-order valence-electron chi connectivity index (χ4n) is 3.44. The van der Waals surface area contributed by atoms with Gasteiger partial charge in [-0.3, -0.25) is 14.4 Å². The lowest BCUT2D eigenvalue weighted by atomic mass is 10.0. The van der Waals surface area contributed by atoms with Gasteiger partial charge in [0, 0.05) is 29.9 Å². The Morgan fingerprint density at radius 2 is 1.67 bits per heavy atom. The molecule has 0 radical (unpaired) electrons. The van der Waals surface area contributed by atoms with Crippen molar-refractivity contribution in [2.24, 2.45) is 11.5 Å². The normalized spacial score (nSPS) is 13.8. The first kappa shape index (κ1) is 25.8. The molecule has 2 rings (SSSR count). The number of hydrogen-bond donors (Lipinski definition) is 7. The van der Waals surface area contributed by atoms with Crippen LogP contribution in [0.4, 0.5) is 0 Å². The molecule has 9 N–H and O–H groups in total. The highest BCUT2D eigenvalue weighted by molar-refractivity contribution is 5.93.